The van der Waals surface area contributed by atoms with E-state index >= 15 is 0 Å². The van der Waals surface area contributed by atoms with Gasteiger partial charge in [0, 0.05) is 17.1 Å². The summed E-state index contributed by atoms with van der Waals surface area (Å²) in [6, 6.07) is 5.58. The van der Waals surface area contributed by atoms with E-state index in [4.69, 9.17) is 9.47 Å². The molecule has 0 amide bonds. The summed E-state index contributed by atoms with van der Waals surface area (Å²) in [6.45, 7) is 3.79. The van der Waals surface area contributed by atoms with Crippen LogP contribution in [0.4, 0.5) is 0 Å². The maximum atomic E-state index is 11.8. The smallest absolute Gasteiger partial charge is 0.340 e. The van der Waals surface area contributed by atoms with Gasteiger partial charge in [0.2, 0.25) is 0 Å². The van der Waals surface area contributed by atoms with Crippen molar-refractivity contribution in [2.45, 2.75) is 13.8 Å². The molecule has 1 aromatic carbocycles. The summed E-state index contributed by atoms with van der Waals surface area (Å²) in [5.41, 5.74) is 2.85. The highest BCUT2D eigenvalue weighted by atomic mass is 16.5. The average Bonchev–Trinajstić information content (AvgIpc) is 2.36. The lowest BCUT2D eigenvalue weighted by Crippen LogP contribution is -2.05. The number of ether oxygens (including phenoxy) is 2. The Kier molecular flexibility index (Phi) is 3.19. The van der Waals surface area contributed by atoms with Gasteiger partial charge < -0.3 is 9.47 Å². The average molecular weight is 245 g/mol. The Bertz CT molecular complexity index is 620. The standard InChI is InChI=1S/C14H15NO3/c1-8-5-10-12(17-3)7-9(2)15-13(10)11(6-8)14(16)18-4/h5-7H,1-4H3. The summed E-state index contributed by atoms with van der Waals surface area (Å²) in [4.78, 5) is 16.2. The molecule has 0 spiro atoms. The number of nitrogens with zero attached hydrogens (tertiary/aromatic N) is 1. The predicted molar refractivity (Wildman–Crippen MR) is 69.1 cm³/mol. The molecule has 18 heavy (non-hydrogen) atoms. The second kappa shape index (κ2) is 4.64. The van der Waals surface area contributed by atoms with Gasteiger partial charge in [0.15, 0.2) is 0 Å². The van der Waals surface area contributed by atoms with Crippen LogP contribution in [0.2, 0.25) is 0 Å². The number of esters is 1. The third-order valence-electron chi connectivity index (χ3n) is 2.77. The fraction of sp³-hybridized carbons (Fsp3) is 0.286. The van der Waals surface area contributed by atoms with E-state index in [9.17, 15) is 4.79 Å². The van der Waals surface area contributed by atoms with Crippen LogP contribution in [-0.4, -0.2) is 25.2 Å². The van der Waals surface area contributed by atoms with Crippen LogP contribution in [-0.2, 0) is 4.74 Å². The lowest BCUT2D eigenvalue weighted by atomic mass is 10.0. The molecule has 0 aliphatic heterocycles. The summed E-state index contributed by atoms with van der Waals surface area (Å²) in [6.07, 6.45) is 0. The largest absolute Gasteiger partial charge is 0.496 e. The number of rotatable bonds is 2. The first kappa shape index (κ1) is 12.4. The fourth-order valence-corrected chi connectivity index (χ4v) is 2.00. The minimum absolute atomic E-state index is 0.385. The van der Waals surface area contributed by atoms with E-state index in [0.29, 0.717) is 16.8 Å². The van der Waals surface area contributed by atoms with Crippen molar-refractivity contribution in [2.24, 2.45) is 0 Å². The second-order valence-corrected chi connectivity index (χ2v) is 4.17. The van der Waals surface area contributed by atoms with E-state index in [1.165, 1.54) is 7.11 Å². The van der Waals surface area contributed by atoms with E-state index in [-0.39, 0.29) is 5.97 Å². The first-order valence-electron chi connectivity index (χ1n) is 5.61. The van der Waals surface area contributed by atoms with Gasteiger partial charge in [-0.15, -0.1) is 0 Å². The number of methoxy groups -OCH3 is 2. The van der Waals surface area contributed by atoms with Crippen molar-refractivity contribution in [1.29, 1.82) is 0 Å². The first-order chi connectivity index (χ1) is 8.56. The van der Waals surface area contributed by atoms with Crippen LogP contribution in [0.1, 0.15) is 21.6 Å². The minimum atomic E-state index is -0.385. The Morgan fingerprint density at radius 2 is 1.89 bits per heavy atom. The zero-order chi connectivity index (χ0) is 13.3. The van der Waals surface area contributed by atoms with Crippen LogP contribution in [0.3, 0.4) is 0 Å². The molecule has 0 aliphatic rings. The quantitative estimate of drug-likeness (QED) is 0.763. The Morgan fingerprint density at radius 3 is 2.50 bits per heavy atom. The van der Waals surface area contributed by atoms with E-state index in [1.807, 2.05) is 26.0 Å². The van der Waals surface area contributed by atoms with E-state index in [2.05, 4.69) is 4.98 Å². The molecule has 0 fully saturated rings. The topological polar surface area (TPSA) is 48.4 Å². The Balaban J connectivity index is 2.86. The lowest BCUT2D eigenvalue weighted by Gasteiger charge is -2.10. The third kappa shape index (κ3) is 2.01. The van der Waals surface area contributed by atoms with E-state index in [0.717, 1.165) is 16.6 Å². The summed E-state index contributed by atoms with van der Waals surface area (Å²) >= 11 is 0. The Labute approximate surface area is 106 Å². The van der Waals surface area contributed by atoms with Crippen LogP contribution in [0.25, 0.3) is 10.9 Å². The van der Waals surface area contributed by atoms with Gasteiger partial charge in [-0.2, -0.15) is 0 Å². The second-order valence-electron chi connectivity index (χ2n) is 4.17. The van der Waals surface area contributed by atoms with Crippen molar-refractivity contribution in [3.63, 3.8) is 0 Å². The van der Waals surface area contributed by atoms with Gasteiger partial charge in [-0.1, -0.05) is 0 Å². The molecule has 1 heterocycles. The van der Waals surface area contributed by atoms with Crippen molar-refractivity contribution in [2.75, 3.05) is 14.2 Å². The molecule has 4 nitrogen and oxygen atoms in total. The van der Waals surface area contributed by atoms with Crippen LogP contribution in [0.5, 0.6) is 5.75 Å². The SMILES string of the molecule is COC(=O)c1cc(C)cc2c(OC)cc(C)nc12. The maximum absolute atomic E-state index is 11.8. The molecule has 0 aliphatic carbocycles. The van der Waals surface area contributed by atoms with Gasteiger partial charge >= 0.3 is 5.97 Å². The van der Waals surface area contributed by atoms with Gasteiger partial charge in [0.05, 0.1) is 25.3 Å². The van der Waals surface area contributed by atoms with E-state index in [1.54, 1.807) is 13.2 Å². The number of aromatic nitrogens is 1. The molecule has 0 saturated carbocycles. The van der Waals surface area contributed by atoms with Gasteiger partial charge in [0.1, 0.15) is 5.75 Å². The fourth-order valence-electron chi connectivity index (χ4n) is 2.00. The molecule has 0 unspecified atom stereocenters. The highest BCUT2D eigenvalue weighted by Crippen LogP contribution is 2.29. The summed E-state index contributed by atoms with van der Waals surface area (Å²) in [5, 5.41) is 0.823. The number of aryl methyl sites for hydroxylation is 2. The van der Waals surface area contributed by atoms with Crippen LogP contribution >= 0.6 is 0 Å². The first-order valence-corrected chi connectivity index (χ1v) is 5.61. The molecule has 0 N–H and O–H groups in total. The number of carbonyl (C=O) groups excluding carboxylic acids is 1. The van der Waals surface area contributed by atoms with E-state index < -0.39 is 0 Å². The number of fused-ring (bicyclic) bond motifs is 1. The molecule has 0 radical (unpaired) electrons. The summed E-state index contributed by atoms with van der Waals surface area (Å²) in [5.74, 6) is 0.329. The zero-order valence-corrected chi connectivity index (χ0v) is 10.9. The van der Waals surface area contributed by atoms with Crippen molar-refractivity contribution in [3.05, 3.63) is 35.0 Å². The van der Waals surface area contributed by atoms with Gasteiger partial charge in [0.25, 0.3) is 0 Å². The number of pyridine rings is 1. The normalized spacial score (nSPS) is 10.4. The molecule has 2 aromatic rings. The number of benzene rings is 1. The molecular formula is C14H15NO3. The molecule has 0 bridgehead atoms. The molecular weight excluding hydrogens is 230 g/mol. The molecule has 1 aromatic heterocycles. The molecule has 0 saturated heterocycles. The third-order valence-corrected chi connectivity index (χ3v) is 2.77. The van der Waals surface area contributed by atoms with Gasteiger partial charge in [-0.3, -0.25) is 4.98 Å². The minimum Gasteiger partial charge on any atom is -0.496 e. The Hall–Kier alpha value is -2.10. The molecule has 4 heteroatoms. The van der Waals surface area contributed by atoms with Crippen molar-refractivity contribution in [1.82, 2.24) is 4.98 Å². The van der Waals surface area contributed by atoms with Gasteiger partial charge in [-0.05, 0) is 31.5 Å². The van der Waals surface area contributed by atoms with Crippen LogP contribution in [0.15, 0.2) is 18.2 Å². The molecule has 0 atom stereocenters. The Morgan fingerprint density at radius 1 is 1.17 bits per heavy atom. The number of carbonyl (C=O) groups is 1. The zero-order valence-electron chi connectivity index (χ0n) is 10.9. The van der Waals surface area contributed by atoms with Crippen molar-refractivity contribution in [3.8, 4) is 5.75 Å². The molecule has 2 rings (SSSR count). The number of hydrogen-bond acceptors (Lipinski definition) is 4. The summed E-state index contributed by atoms with van der Waals surface area (Å²) < 4.78 is 10.1. The van der Waals surface area contributed by atoms with Gasteiger partial charge in [-0.25, -0.2) is 4.79 Å². The predicted octanol–water partition coefficient (Wildman–Crippen LogP) is 2.65. The van der Waals surface area contributed by atoms with Crippen LogP contribution < -0.4 is 4.74 Å². The van der Waals surface area contributed by atoms with Crippen LogP contribution in [0, 0.1) is 13.8 Å². The summed E-state index contributed by atoms with van der Waals surface area (Å²) in [7, 11) is 2.97. The molecule has 94 valence electrons. The maximum Gasteiger partial charge on any atom is 0.340 e. The highest BCUT2D eigenvalue weighted by Gasteiger charge is 2.15. The van der Waals surface area contributed by atoms with Crippen molar-refractivity contribution >= 4 is 16.9 Å². The van der Waals surface area contributed by atoms with Crippen molar-refractivity contribution < 1.29 is 14.3 Å². The monoisotopic (exact) mass is 245 g/mol. The number of hydrogen-bond donors (Lipinski definition) is 0. The highest BCUT2D eigenvalue weighted by molar-refractivity contribution is 6.04. The lowest BCUT2D eigenvalue weighted by molar-refractivity contribution is 0.0602.